The summed E-state index contributed by atoms with van der Waals surface area (Å²) in [5, 5.41) is 9.07. The summed E-state index contributed by atoms with van der Waals surface area (Å²) in [7, 11) is 0. The minimum Gasteiger partial charge on any atom is -0.480 e. The number of ether oxygens (including phenoxy) is 1. The first kappa shape index (κ1) is 16.1. The number of amides is 1. The van der Waals surface area contributed by atoms with Gasteiger partial charge in [-0.2, -0.15) is 0 Å². The number of nitrogens with zero attached hydrogens (tertiary/aromatic N) is 2. The first-order chi connectivity index (χ1) is 9.76. The van der Waals surface area contributed by atoms with Crippen LogP contribution in [0.25, 0.3) is 0 Å². The molecule has 6 nitrogen and oxygen atoms in total. The number of piperidine rings is 1. The number of carbonyl (C=O) groups is 2. The van der Waals surface area contributed by atoms with Gasteiger partial charge in [0.15, 0.2) is 0 Å². The Labute approximate surface area is 126 Å². The summed E-state index contributed by atoms with van der Waals surface area (Å²) in [6.07, 6.45) is 3.68. The summed E-state index contributed by atoms with van der Waals surface area (Å²) in [5.41, 5.74) is -0.499. The van der Waals surface area contributed by atoms with Crippen molar-refractivity contribution >= 4 is 12.1 Å². The molecule has 0 bridgehead atoms. The number of rotatable bonds is 4. The predicted molar refractivity (Wildman–Crippen MR) is 78.2 cm³/mol. The minimum absolute atomic E-state index is 0.0670. The van der Waals surface area contributed by atoms with Crippen molar-refractivity contribution in [3.63, 3.8) is 0 Å². The van der Waals surface area contributed by atoms with E-state index in [2.05, 4.69) is 4.90 Å². The lowest BCUT2D eigenvalue weighted by Gasteiger charge is -2.39. The molecule has 0 aromatic carbocycles. The summed E-state index contributed by atoms with van der Waals surface area (Å²) >= 11 is 0. The lowest BCUT2D eigenvalue weighted by atomic mass is 10.0. The zero-order valence-electron chi connectivity index (χ0n) is 13.2. The van der Waals surface area contributed by atoms with Gasteiger partial charge < -0.3 is 14.7 Å². The molecule has 2 fully saturated rings. The number of likely N-dealkylation sites (tertiary alicyclic amines) is 1. The van der Waals surface area contributed by atoms with Gasteiger partial charge in [0.1, 0.15) is 5.60 Å². The summed E-state index contributed by atoms with van der Waals surface area (Å²) in [5.74, 6) is -0.795. The minimum atomic E-state index is -0.795. The fraction of sp³-hybridized carbons (Fsp3) is 0.867. The summed E-state index contributed by atoms with van der Waals surface area (Å²) in [6, 6.07) is 0.513. The summed E-state index contributed by atoms with van der Waals surface area (Å²) in [4.78, 5) is 27.0. The molecule has 1 amide bonds. The maximum atomic E-state index is 12.2. The first-order valence-corrected chi connectivity index (χ1v) is 7.72. The molecule has 0 radical (unpaired) electrons. The normalized spacial score (nSPS) is 23.2. The molecular weight excluding hydrogens is 272 g/mol. The number of carboxylic acids is 1. The number of hydrogen-bond acceptors (Lipinski definition) is 4. The fourth-order valence-corrected chi connectivity index (χ4v) is 2.84. The molecule has 0 unspecified atom stereocenters. The van der Waals surface area contributed by atoms with Gasteiger partial charge in [0.05, 0.1) is 6.54 Å². The molecule has 0 aromatic rings. The lowest BCUT2D eigenvalue weighted by Crippen LogP contribution is -2.52. The van der Waals surface area contributed by atoms with Crippen LogP contribution in [0.15, 0.2) is 0 Å². The van der Waals surface area contributed by atoms with Crippen LogP contribution in [0.5, 0.6) is 0 Å². The van der Waals surface area contributed by atoms with Crippen LogP contribution in [-0.2, 0) is 9.53 Å². The largest absolute Gasteiger partial charge is 0.480 e. The molecule has 0 spiro atoms. The second-order valence-corrected chi connectivity index (χ2v) is 7.02. The molecule has 1 saturated heterocycles. The van der Waals surface area contributed by atoms with Gasteiger partial charge in [-0.1, -0.05) is 0 Å². The Morgan fingerprint density at radius 2 is 1.90 bits per heavy atom. The Bertz CT molecular complexity index is 401. The standard InChI is InChI=1S/C15H26N2O4/c1-15(2,3)21-14(20)16-8-4-5-12(9-16)17(10-13(18)19)11-6-7-11/h11-12H,4-10H2,1-3H3,(H,18,19)/t12-/m1/s1. The molecule has 1 aliphatic heterocycles. The topological polar surface area (TPSA) is 70.1 Å². The van der Waals surface area contributed by atoms with E-state index in [-0.39, 0.29) is 18.7 Å². The number of carbonyl (C=O) groups excluding carboxylic acids is 1. The van der Waals surface area contributed by atoms with E-state index < -0.39 is 11.6 Å². The Hall–Kier alpha value is -1.30. The molecule has 6 heteroatoms. The van der Waals surface area contributed by atoms with Crippen LogP contribution in [-0.4, -0.2) is 64.3 Å². The van der Waals surface area contributed by atoms with Gasteiger partial charge in [-0.05, 0) is 46.5 Å². The Morgan fingerprint density at radius 3 is 2.43 bits per heavy atom. The van der Waals surface area contributed by atoms with Crippen LogP contribution < -0.4 is 0 Å². The second kappa shape index (κ2) is 6.22. The van der Waals surface area contributed by atoms with Crippen molar-refractivity contribution in [2.45, 2.75) is 64.1 Å². The molecule has 2 rings (SSSR count). The quantitative estimate of drug-likeness (QED) is 0.859. The van der Waals surface area contributed by atoms with Crippen molar-refractivity contribution in [1.29, 1.82) is 0 Å². The molecule has 1 aliphatic carbocycles. The molecule has 1 N–H and O–H groups in total. The van der Waals surface area contributed by atoms with Crippen LogP contribution in [0.4, 0.5) is 4.79 Å². The maximum absolute atomic E-state index is 12.2. The average molecular weight is 298 g/mol. The SMILES string of the molecule is CC(C)(C)OC(=O)N1CCC[C@@H](N(CC(=O)O)C2CC2)C1. The Morgan fingerprint density at radius 1 is 1.24 bits per heavy atom. The first-order valence-electron chi connectivity index (χ1n) is 7.72. The fourth-order valence-electron chi connectivity index (χ4n) is 2.84. The average Bonchev–Trinajstić information content (AvgIpc) is 3.18. The Balaban J connectivity index is 1.95. The molecule has 2 aliphatic rings. The molecule has 21 heavy (non-hydrogen) atoms. The predicted octanol–water partition coefficient (Wildman–Crippen LogP) is 1.93. The highest BCUT2D eigenvalue weighted by Crippen LogP contribution is 2.31. The zero-order valence-corrected chi connectivity index (χ0v) is 13.2. The van der Waals surface area contributed by atoms with E-state index in [9.17, 15) is 9.59 Å². The smallest absolute Gasteiger partial charge is 0.410 e. The van der Waals surface area contributed by atoms with E-state index in [1.54, 1.807) is 4.90 Å². The van der Waals surface area contributed by atoms with Gasteiger partial charge in [-0.3, -0.25) is 9.69 Å². The van der Waals surface area contributed by atoms with Crippen LogP contribution in [0, 0.1) is 0 Å². The third-order valence-corrected chi connectivity index (χ3v) is 3.85. The van der Waals surface area contributed by atoms with Gasteiger partial charge in [-0.25, -0.2) is 4.79 Å². The van der Waals surface area contributed by atoms with Gasteiger partial charge in [0, 0.05) is 25.2 Å². The van der Waals surface area contributed by atoms with E-state index in [1.165, 1.54) is 0 Å². The Kier molecular flexibility index (Phi) is 4.76. The second-order valence-electron chi connectivity index (χ2n) is 7.02. The summed E-state index contributed by atoms with van der Waals surface area (Å²) < 4.78 is 5.41. The molecule has 1 atom stereocenters. The van der Waals surface area contributed by atoms with Crippen LogP contribution >= 0.6 is 0 Å². The molecule has 1 heterocycles. The number of aliphatic carboxylic acids is 1. The van der Waals surface area contributed by atoms with Crippen LogP contribution in [0.2, 0.25) is 0 Å². The highest BCUT2D eigenvalue weighted by Gasteiger charge is 2.38. The third-order valence-electron chi connectivity index (χ3n) is 3.85. The monoisotopic (exact) mass is 298 g/mol. The van der Waals surface area contributed by atoms with E-state index in [4.69, 9.17) is 9.84 Å². The van der Waals surface area contributed by atoms with E-state index >= 15 is 0 Å². The van der Waals surface area contributed by atoms with Crippen molar-refractivity contribution in [3.8, 4) is 0 Å². The van der Waals surface area contributed by atoms with E-state index in [0.29, 0.717) is 19.1 Å². The highest BCUT2D eigenvalue weighted by atomic mass is 16.6. The molecular formula is C15H26N2O4. The highest BCUT2D eigenvalue weighted by molar-refractivity contribution is 5.69. The molecule has 1 saturated carbocycles. The van der Waals surface area contributed by atoms with Crippen molar-refractivity contribution in [2.75, 3.05) is 19.6 Å². The lowest BCUT2D eigenvalue weighted by molar-refractivity contribution is -0.139. The van der Waals surface area contributed by atoms with Crippen LogP contribution in [0.1, 0.15) is 46.5 Å². The number of carboxylic acid groups (broad SMARTS) is 1. The van der Waals surface area contributed by atoms with Gasteiger partial charge in [0.25, 0.3) is 0 Å². The van der Waals surface area contributed by atoms with Crippen molar-refractivity contribution in [2.24, 2.45) is 0 Å². The third kappa shape index (κ3) is 4.88. The number of hydrogen-bond donors (Lipinski definition) is 1. The van der Waals surface area contributed by atoms with Gasteiger partial charge >= 0.3 is 12.1 Å². The zero-order chi connectivity index (χ0) is 15.6. The van der Waals surface area contributed by atoms with Crippen molar-refractivity contribution in [3.05, 3.63) is 0 Å². The molecule has 0 aromatic heterocycles. The molecule has 120 valence electrons. The van der Waals surface area contributed by atoms with Gasteiger partial charge in [0.2, 0.25) is 0 Å². The van der Waals surface area contributed by atoms with E-state index in [1.807, 2.05) is 20.8 Å². The van der Waals surface area contributed by atoms with Crippen molar-refractivity contribution < 1.29 is 19.4 Å². The van der Waals surface area contributed by atoms with Gasteiger partial charge in [-0.15, -0.1) is 0 Å². The van der Waals surface area contributed by atoms with E-state index in [0.717, 1.165) is 25.7 Å². The maximum Gasteiger partial charge on any atom is 0.410 e. The van der Waals surface area contributed by atoms with Crippen LogP contribution in [0.3, 0.4) is 0 Å². The summed E-state index contributed by atoms with van der Waals surface area (Å²) in [6.45, 7) is 6.89. The van der Waals surface area contributed by atoms with Crippen molar-refractivity contribution in [1.82, 2.24) is 9.80 Å².